The van der Waals surface area contributed by atoms with Gasteiger partial charge < -0.3 is 5.32 Å². The molecule has 0 unspecified atom stereocenters. The van der Waals surface area contributed by atoms with Crippen LogP contribution in [-0.4, -0.2) is 39.0 Å². The highest BCUT2D eigenvalue weighted by Crippen LogP contribution is 2.35. The summed E-state index contributed by atoms with van der Waals surface area (Å²) in [5, 5.41) is 2.63. The Kier molecular flexibility index (Phi) is 5.98. The Balaban J connectivity index is 1.39. The number of carbonyl (C=O) groups is 2. The Bertz CT molecular complexity index is 1310. The van der Waals surface area contributed by atoms with Gasteiger partial charge in [-0.3, -0.25) is 14.6 Å². The van der Waals surface area contributed by atoms with Crippen molar-refractivity contribution in [1.82, 2.24) is 4.90 Å². The fraction of sp³-hybridized carbons (Fsp3) is 0.154. The first-order valence-corrected chi connectivity index (χ1v) is 11.7. The molecular formula is C26H21FN4O2S. The number of hydrogen-bond acceptors (Lipinski definition) is 5. The van der Waals surface area contributed by atoms with Crippen LogP contribution in [0.15, 0.2) is 88.8 Å². The number of anilines is 1. The Labute approximate surface area is 200 Å². The number of benzene rings is 3. The zero-order valence-electron chi connectivity index (χ0n) is 18.3. The number of aliphatic imine (C=N–C) groups is 2. The lowest BCUT2D eigenvalue weighted by molar-refractivity contribution is -0.124. The van der Waals surface area contributed by atoms with Crippen molar-refractivity contribution in [1.29, 1.82) is 0 Å². The predicted molar refractivity (Wildman–Crippen MR) is 133 cm³/mol. The van der Waals surface area contributed by atoms with E-state index in [0.29, 0.717) is 28.8 Å². The molecule has 0 aromatic heterocycles. The lowest BCUT2D eigenvalue weighted by Gasteiger charge is -2.27. The van der Waals surface area contributed by atoms with Crippen molar-refractivity contribution < 1.29 is 14.0 Å². The van der Waals surface area contributed by atoms with Crippen molar-refractivity contribution in [2.45, 2.75) is 24.6 Å². The molecule has 2 amide bonds. The maximum absolute atomic E-state index is 13.4. The van der Waals surface area contributed by atoms with Gasteiger partial charge in [-0.25, -0.2) is 14.3 Å². The fourth-order valence-electron chi connectivity index (χ4n) is 3.84. The molecule has 0 radical (unpaired) electrons. The smallest absolute Gasteiger partial charge is 0.259 e. The SMILES string of the molecule is C[C@H](SC1=Nc2ccccc2C2=N[C@@H](Cc3ccccc3)C(=O)N12)C(=O)Nc1ccc(F)cc1. The van der Waals surface area contributed by atoms with Crippen LogP contribution in [0.1, 0.15) is 18.1 Å². The van der Waals surface area contributed by atoms with Gasteiger partial charge in [-0.15, -0.1) is 0 Å². The molecule has 3 aromatic rings. The third kappa shape index (κ3) is 4.36. The molecule has 2 atom stereocenters. The van der Waals surface area contributed by atoms with Crippen LogP contribution >= 0.6 is 11.8 Å². The normalized spacial score (nSPS) is 17.4. The van der Waals surface area contributed by atoms with Gasteiger partial charge >= 0.3 is 0 Å². The number of nitrogens with zero attached hydrogens (tertiary/aromatic N) is 3. The largest absolute Gasteiger partial charge is 0.325 e. The monoisotopic (exact) mass is 472 g/mol. The van der Waals surface area contributed by atoms with Crippen LogP contribution in [0.4, 0.5) is 15.8 Å². The first-order valence-electron chi connectivity index (χ1n) is 10.9. The summed E-state index contributed by atoms with van der Waals surface area (Å²) < 4.78 is 13.2. The second-order valence-electron chi connectivity index (χ2n) is 8.00. The van der Waals surface area contributed by atoms with Gasteiger partial charge in [0.2, 0.25) is 5.91 Å². The van der Waals surface area contributed by atoms with Gasteiger partial charge in [0.25, 0.3) is 5.91 Å². The quantitative estimate of drug-likeness (QED) is 0.580. The zero-order chi connectivity index (χ0) is 23.7. The van der Waals surface area contributed by atoms with E-state index in [9.17, 15) is 14.0 Å². The van der Waals surface area contributed by atoms with Gasteiger partial charge in [0.1, 0.15) is 17.7 Å². The van der Waals surface area contributed by atoms with Crippen molar-refractivity contribution in [3.8, 4) is 0 Å². The molecule has 0 aliphatic carbocycles. The third-order valence-electron chi connectivity index (χ3n) is 5.58. The van der Waals surface area contributed by atoms with Gasteiger partial charge in [-0.05, 0) is 48.9 Å². The van der Waals surface area contributed by atoms with Gasteiger partial charge in [0, 0.05) is 17.7 Å². The number of fused-ring (bicyclic) bond motifs is 3. The van der Waals surface area contributed by atoms with E-state index in [2.05, 4.69) is 5.32 Å². The highest BCUT2D eigenvalue weighted by atomic mass is 32.2. The number of nitrogens with one attached hydrogen (secondary N) is 1. The molecule has 34 heavy (non-hydrogen) atoms. The summed E-state index contributed by atoms with van der Waals surface area (Å²) in [7, 11) is 0. The van der Waals surface area contributed by atoms with Crippen molar-refractivity contribution in [3.05, 3.63) is 95.8 Å². The maximum Gasteiger partial charge on any atom is 0.259 e. The van der Waals surface area contributed by atoms with Crippen molar-refractivity contribution >= 4 is 46.0 Å². The Morgan fingerprint density at radius 2 is 1.76 bits per heavy atom. The summed E-state index contributed by atoms with van der Waals surface area (Å²) in [6.45, 7) is 1.74. The molecule has 1 N–H and O–H groups in total. The molecule has 2 aliphatic rings. The van der Waals surface area contributed by atoms with Crippen LogP contribution in [0.2, 0.25) is 0 Å². The van der Waals surface area contributed by atoms with Crippen molar-refractivity contribution in [3.63, 3.8) is 0 Å². The summed E-state index contributed by atoms with van der Waals surface area (Å²) in [5.41, 5.74) is 3.02. The number of thioether (sulfide) groups is 1. The molecule has 0 spiro atoms. The van der Waals surface area contributed by atoms with Crippen LogP contribution in [0.3, 0.4) is 0 Å². The van der Waals surface area contributed by atoms with Crippen LogP contribution in [0.25, 0.3) is 0 Å². The number of amides is 2. The second-order valence-corrected chi connectivity index (χ2v) is 9.31. The summed E-state index contributed by atoms with van der Waals surface area (Å²) in [6, 6.07) is 22.3. The van der Waals surface area contributed by atoms with E-state index in [-0.39, 0.29) is 17.6 Å². The standard InChI is InChI=1S/C26H21FN4O2S/c1-16(24(32)28-19-13-11-18(27)12-14-19)34-26-30-21-10-6-5-9-20(21)23-29-22(25(33)31(23)26)15-17-7-3-2-4-8-17/h2-14,16,22H,15H2,1H3,(H,28,32)/t16-,22-/m0/s1. The average Bonchev–Trinajstić information content (AvgIpc) is 3.17. The second kappa shape index (κ2) is 9.23. The minimum atomic E-state index is -0.559. The van der Waals surface area contributed by atoms with Crippen molar-refractivity contribution in [2.75, 3.05) is 5.32 Å². The van der Waals surface area contributed by atoms with Gasteiger partial charge in [-0.2, -0.15) is 0 Å². The Morgan fingerprint density at radius 3 is 2.53 bits per heavy atom. The number of hydrogen-bond donors (Lipinski definition) is 1. The minimum Gasteiger partial charge on any atom is -0.325 e. The van der Waals surface area contributed by atoms with Crippen LogP contribution in [0, 0.1) is 5.82 Å². The van der Waals surface area contributed by atoms with E-state index in [1.54, 1.807) is 6.92 Å². The predicted octanol–water partition coefficient (Wildman–Crippen LogP) is 4.79. The molecule has 2 aliphatic heterocycles. The summed E-state index contributed by atoms with van der Waals surface area (Å²) in [5.74, 6) is -0.250. The molecule has 6 nitrogen and oxygen atoms in total. The number of amidine groups is 2. The molecule has 0 saturated carbocycles. The van der Waals surface area contributed by atoms with Crippen LogP contribution < -0.4 is 5.32 Å². The first-order chi connectivity index (χ1) is 16.5. The molecule has 170 valence electrons. The third-order valence-corrected chi connectivity index (χ3v) is 6.64. The molecule has 2 heterocycles. The number of para-hydroxylation sites is 1. The van der Waals surface area contributed by atoms with E-state index in [4.69, 9.17) is 9.98 Å². The molecule has 3 aromatic carbocycles. The number of carbonyl (C=O) groups excluding carboxylic acids is 2. The fourth-order valence-corrected chi connectivity index (χ4v) is 4.76. The average molecular weight is 473 g/mol. The molecule has 0 bridgehead atoms. The van der Waals surface area contributed by atoms with Gasteiger partial charge in [-0.1, -0.05) is 54.2 Å². The van der Waals surface area contributed by atoms with E-state index >= 15 is 0 Å². The summed E-state index contributed by atoms with van der Waals surface area (Å²) in [4.78, 5) is 37.2. The minimum absolute atomic E-state index is 0.161. The highest BCUT2D eigenvalue weighted by Gasteiger charge is 2.42. The lowest BCUT2D eigenvalue weighted by Crippen LogP contribution is -2.42. The van der Waals surface area contributed by atoms with E-state index in [0.717, 1.165) is 11.1 Å². The van der Waals surface area contributed by atoms with E-state index in [1.165, 1.54) is 40.9 Å². The summed E-state index contributed by atoms with van der Waals surface area (Å²) in [6.07, 6.45) is 0.487. The highest BCUT2D eigenvalue weighted by molar-refractivity contribution is 8.15. The van der Waals surface area contributed by atoms with Gasteiger partial charge in [0.15, 0.2) is 5.17 Å². The Morgan fingerprint density at radius 1 is 1.06 bits per heavy atom. The topological polar surface area (TPSA) is 74.1 Å². The number of halogens is 1. The van der Waals surface area contributed by atoms with Crippen LogP contribution in [0.5, 0.6) is 0 Å². The molecule has 5 rings (SSSR count). The lowest BCUT2D eigenvalue weighted by atomic mass is 10.1. The maximum atomic E-state index is 13.4. The molecular weight excluding hydrogens is 451 g/mol. The van der Waals surface area contributed by atoms with E-state index < -0.39 is 11.3 Å². The summed E-state index contributed by atoms with van der Waals surface area (Å²) >= 11 is 1.19. The first kappa shape index (κ1) is 22.0. The van der Waals surface area contributed by atoms with E-state index in [1.807, 2.05) is 54.6 Å². The van der Waals surface area contributed by atoms with Crippen LogP contribution in [-0.2, 0) is 16.0 Å². The molecule has 8 heteroatoms. The zero-order valence-corrected chi connectivity index (χ0v) is 19.1. The molecule has 0 saturated heterocycles. The van der Waals surface area contributed by atoms with Crippen molar-refractivity contribution in [2.24, 2.45) is 9.98 Å². The Hall–Kier alpha value is -3.78. The molecule has 0 fully saturated rings. The van der Waals surface area contributed by atoms with Gasteiger partial charge in [0.05, 0.1) is 10.9 Å². The number of rotatable bonds is 5.